The van der Waals surface area contributed by atoms with E-state index in [1.54, 1.807) is 7.11 Å². The third-order valence-corrected chi connectivity index (χ3v) is 6.07. The van der Waals surface area contributed by atoms with Crippen LogP contribution in [0.25, 0.3) is 5.69 Å². The molecule has 0 radical (unpaired) electrons. The van der Waals surface area contributed by atoms with Gasteiger partial charge in [-0.1, -0.05) is 12.1 Å². The van der Waals surface area contributed by atoms with Crippen molar-refractivity contribution in [3.8, 4) is 11.4 Å². The summed E-state index contributed by atoms with van der Waals surface area (Å²) in [6.07, 6.45) is 5.44. The van der Waals surface area contributed by atoms with Crippen LogP contribution in [-0.4, -0.2) is 45.1 Å². The maximum Gasteiger partial charge on any atom is 0.227 e. The first-order chi connectivity index (χ1) is 16.1. The lowest BCUT2D eigenvalue weighted by Gasteiger charge is -2.26. The van der Waals surface area contributed by atoms with Gasteiger partial charge in [-0.3, -0.25) is 0 Å². The van der Waals surface area contributed by atoms with Gasteiger partial charge in [-0.05, 0) is 55.9 Å². The molecule has 3 heterocycles. The number of imidazole rings is 1. The minimum absolute atomic E-state index is 0.641. The van der Waals surface area contributed by atoms with Gasteiger partial charge in [0.15, 0.2) is 0 Å². The van der Waals surface area contributed by atoms with Gasteiger partial charge in [-0.25, -0.2) is 15.0 Å². The molecule has 5 rings (SSSR count). The Kier molecular flexibility index (Phi) is 5.79. The van der Waals surface area contributed by atoms with E-state index in [1.165, 1.54) is 11.1 Å². The van der Waals surface area contributed by atoms with Crippen LogP contribution in [0.4, 0.5) is 11.6 Å². The molecule has 0 atom stereocenters. The number of hydrogen-bond donors (Lipinski definition) is 1. The molecule has 0 saturated heterocycles. The average molecular weight is 441 g/mol. The lowest BCUT2D eigenvalue weighted by molar-refractivity contribution is 0.308. The molecule has 1 aliphatic rings. The van der Waals surface area contributed by atoms with Crippen molar-refractivity contribution in [1.82, 2.24) is 24.4 Å². The number of fused-ring (bicyclic) bond motifs is 1. The molecule has 2 aromatic carbocycles. The molecule has 168 valence electrons. The summed E-state index contributed by atoms with van der Waals surface area (Å²) in [7, 11) is 3.84. The number of nitrogens with one attached hydrogen (secondary N) is 1. The predicted molar refractivity (Wildman–Crippen MR) is 129 cm³/mol. The van der Waals surface area contributed by atoms with Crippen molar-refractivity contribution >= 4 is 11.6 Å². The summed E-state index contributed by atoms with van der Waals surface area (Å²) >= 11 is 0. The van der Waals surface area contributed by atoms with Gasteiger partial charge in [0.2, 0.25) is 5.95 Å². The molecule has 2 aromatic heterocycles. The molecule has 1 aliphatic heterocycles. The van der Waals surface area contributed by atoms with Crippen LogP contribution in [0.2, 0.25) is 0 Å². The first-order valence-corrected chi connectivity index (χ1v) is 11.2. The average Bonchev–Trinajstić information content (AvgIpc) is 3.26. The minimum atomic E-state index is 0.641. The predicted octanol–water partition coefficient (Wildman–Crippen LogP) is 4.30. The fourth-order valence-corrected chi connectivity index (χ4v) is 4.28. The highest BCUT2D eigenvalue weighted by molar-refractivity contribution is 5.56. The van der Waals surface area contributed by atoms with E-state index in [-0.39, 0.29) is 0 Å². The summed E-state index contributed by atoms with van der Waals surface area (Å²) in [5.41, 5.74) is 6.64. The topological polar surface area (TPSA) is 68.1 Å². The zero-order valence-corrected chi connectivity index (χ0v) is 19.2. The second-order valence-electron chi connectivity index (χ2n) is 8.45. The largest absolute Gasteiger partial charge is 0.497 e. The molecule has 0 amide bonds. The standard InChI is InChI=1S/C26H28N6O/c1-18-27-12-14-32(18)21-9-7-20(8-10-21)28-26-29-24-11-13-31(2)17-23(24)25(30-26)16-19-5-4-6-22(15-19)33-3/h4-10,12,14-15H,11,13,16-17H2,1-3H3,(H,28,29,30). The van der Waals surface area contributed by atoms with E-state index in [0.29, 0.717) is 5.95 Å². The third kappa shape index (κ3) is 4.59. The highest BCUT2D eigenvalue weighted by atomic mass is 16.5. The van der Waals surface area contributed by atoms with Crippen molar-refractivity contribution < 1.29 is 4.74 Å². The minimum Gasteiger partial charge on any atom is -0.497 e. The van der Waals surface area contributed by atoms with E-state index >= 15 is 0 Å². The number of rotatable bonds is 6. The van der Waals surface area contributed by atoms with Gasteiger partial charge in [0.25, 0.3) is 0 Å². The number of nitrogens with zero attached hydrogens (tertiary/aromatic N) is 5. The van der Waals surface area contributed by atoms with Crippen LogP contribution in [0.3, 0.4) is 0 Å². The fourth-order valence-electron chi connectivity index (χ4n) is 4.28. The van der Waals surface area contributed by atoms with Gasteiger partial charge in [-0.15, -0.1) is 0 Å². The van der Waals surface area contributed by atoms with E-state index in [1.807, 2.05) is 43.6 Å². The molecule has 7 heteroatoms. The maximum atomic E-state index is 5.41. The molecule has 0 spiro atoms. The van der Waals surface area contributed by atoms with E-state index in [2.05, 4.69) is 51.1 Å². The van der Waals surface area contributed by atoms with Crippen molar-refractivity contribution in [3.05, 3.63) is 89.3 Å². The number of ether oxygens (including phenoxy) is 1. The van der Waals surface area contributed by atoms with E-state index in [4.69, 9.17) is 14.7 Å². The number of methoxy groups -OCH3 is 1. The Morgan fingerprint density at radius 1 is 1.09 bits per heavy atom. The van der Waals surface area contributed by atoms with Crippen LogP contribution in [0, 0.1) is 6.92 Å². The van der Waals surface area contributed by atoms with E-state index in [0.717, 1.165) is 60.3 Å². The molecule has 0 bridgehead atoms. The second kappa shape index (κ2) is 9.03. The molecule has 0 unspecified atom stereocenters. The molecule has 0 aliphatic carbocycles. The van der Waals surface area contributed by atoms with E-state index in [9.17, 15) is 0 Å². The normalized spacial score (nSPS) is 13.5. The SMILES string of the molecule is COc1cccc(Cc2nc(Nc3ccc(-n4ccnc4C)cc3)nc3c2CN(C)CC3)c1. The van der Waals surface area contributed by atoms with Crippen molar-refractivity contribution in [2.24, 2.45) is 0 Å². The molecule has 4 aromatic rings. The van der Waals surface area contributed by atoms with Gasteiger partial charge >= 0.3 is 0 Å². The summed E-state index contributed by atoms with van der Waals surface area (Å²) in [6, 6.07) is 16.4. The van der Waals surface area contributed by atoms with Gasteiger partial charge in [0, 0.05) is 55.3 Å². The van der Waals surface area contributed by atoms with Gasteiger partial charge in [-0.2, -0.15) is 0 Å². The highest BCUT2D eigenvalue weighted by Crippen LogP contribution is 2.26. The molecule has 33 heavy (non-hydrogen) atoms. The summed E-state index contributed by atoms with van der Waals surface area (Å²) in [5, 5.41) is 3.42. The number of hydrogen-bond acceptors (Lipinski definition) is 6. The lowest BCUT2D eigenvalue weighted by Crippen LogP contribution is -2.29. The Labute approximate surface area is 194 Å². The molecular weight excluding hydrogens is 412 g/mol. The summed E-state index contributed by atoms with van der Waals surface area (Å²) in [5.74, 6) is 2.46. The molecule has 0 fully saturated rings. The van der Waals surface area contributed by atoms with Crippen LogP contribution in [-0.2, 0) is 19.4 Å². The van der Waals surface area contributed by atoms with Crippen molar-refractivity contribution in [3.63, 3.8) is 0 Å². The Hall–Kier alpha value is -3.71. The Bertz CT molecular complexity index is 1260. The highest BCUT2D eigenvalue weighted by Gasteiger charge is 2.21. The van der Waals surface area contributed by atoms with Gasteiger partial charge in [0.05, 0.1) is 18.5 Å². The summed E-state index contributed by atoms with van der Waals surface area (Å²) in [4.78, 5) is 16.4. The zero-order chi connectivity index (χ0) is 22.8. The van der Waals surface area contributed by atoms with Gasteiger partial charge < -0.3 is 19.5 Å². The maximum absolute atomic E-state index is 5.41. The first-order valence-electron chi connectivity index (χ1n) is 11.2. The lowest BCUT2D eigenvalue weighted by atomic mass is 9.99. The molecule has 7 nitrogen and oxygen atoms in total. The quantitative estimate of drug-likeness (QED) is 0.482. The Morgan fingerprint density at radius 3 is 2.70 bits per heavy atom. The van der Waals surface area contributed by atoms with Crippen LogP contribution in [0.1, 0.15) is 28.3 Å². The monoisotopic (exact) mass is 440 g/mol. The zero-order valence-electron chi connectivity index (χ0n) is 19.2. The van der Waals surface area contributed by atoms with Crippen LogP contribution < -0.4 is 10.1 Å². The van der Waals surface area contributed by atoms with Crippen LogP contribution >= 0.6 is 0 Å². The fraction of sp³-hybridized carbons (Fsp3) is 0.269. The molecule has 1 N–H and O–H groups in total. The molecular formula is C26H28N6O. The molecule has 0 saturated carbocycles. The summed E-state index contributed by atoms with van der Waals surface area (Å²) < 4.78 is 7.47. The van der Waals surface area contributed by atoms with Crippen LogP contribution in [0.5, 0.6) is 5.75 Å². The van der Waals surface area contributed by atoms with Crippen molar-refractivity contribution in [2.45, 2.75) is 26.3 Å². The van der Waals surface area contributed by atoms with E-state index < -0.39 is 0 Å². The van der Waals surface area contributed by atoms with Crippen LogP contribution in [0.15, 0.2) is 60.9 Å². The Morgan fingerprint density at radius 2 is 1.94 bits per heavy atom. The third-order valence-electron chi connectivity index (χ3n) is 6.07. The number of anilines is 2. The number of likely N-dealkylation sites (N-methyl/N-ethyl adjacent to an activating group) is 1. The number of benzene rings is 2. The number of aryl methyl sites for hydroxylation is 1. The second-order valence-corrected chi connectivity index (χ2v) is 8.45. The summed E-state index contributed by atoms with van der Waals surface area (Å²) in [6.45, 7) is 3.86. The first kappa shape index (κ1) is 21.2. The Balaban J connectivity index is 1.44. The van der Waals surface area contributed by atoms with Crippen molar-refractivity contribution in [2.75, 3.05) is 26.0 Å². The van der Waals surface area contributed by atoms with Crippen molar-refractivity contribution in [1.29, 1.82) is 0 Å². The number of aromatic nitrogens is 4. The van der Waals surface area contributed by atoms with Gasteiger partial charge in [0.1, 0.15) is 11.6 Å². The smallest absolute Gasteiger partial charge is 0.227 e.